The Balaban J connectivity index is 1.50. The van der Waals surface area contributed by atoms with Crippen molar-refractivity contribution in [1.29, 1.82) is 0 Å². The molecule has 1 N–H and O–H groups in total. The van der Waals surface area contributed by atoms with Crippen LogP contribution in [0.5, 0.6) is 17.2 Å². The second kappa shape index (κ2) is 6.72. The van der Waals surface area contributed by atoms with Gasteiger partial charge in [-0.2, -0.15) is 0 Å². The van der Waals surface area contributed by atoms with Crippen molar-refractivity contribution in [2.75, 3.05) is 20.2 Å². The van der Waals surface area contributed by atoms with Gasteiger partial charge in [0.25, 0.3) is 0 Å². The molecule has 0 saturated heterocycles. The molecular weight excluding hydrogens is 334 g/mol. The summed E-state index contributed by atoms with van der Waals surface area (Å²) in [6.45, 7) is 1.68. The lowest BCUT2D eigenvalue weighted by Crippen LogP contribution is -2.39. The van der Waals surface area contributed by atoms with Crippen LogP contribution in [0.15, 0.2) is 57.7 Å². The zero-order valence-electron chi connectivity index (χ0n) is 14.3. The lowest BCUT2D eigenvalue weighted by Gasteiger charge is -2.29. The van der Waals surface area contributed by atoms with Crippen molar-refractivity contribution in [3.8, 4) is 17.2 Å². The maximum absolute atomic E-state index is 11.8. The summed E-state index contributed by atoms with van der Waals surface area (Å²) in [4.78, 5) is 13.9. The van der Waals surface area contributed by atoms with Gasteiger partial charge in [-0.3, -0.25) is 4.90 Å². The fourth-order valence-electron chi connectivity index (χ4n) is 3.21. The molecule has 6 heteroatoms. The standard InChI is InChI=1S/C20H19NO5/c1-21(11-15-12-24-17-4-2-3-5-18(17)25-15)10-13-8-20(23)26-19-9-14(22)6-7-16(13)19/h2-9,15,22H,10-12H2,1H3/t15-/m0/s1. The fourth-order valence-corrected chi connectivity index (χ4v) is 3.21. The van der Waals surface area contributed by atoms with Gasteiger partial charge < -0.3 is 19.0 Å². The van der Waals surface area contributed by atoms with E-state index in [4.69, 9.17) is 13.9 Å². The summed E-state index contributed by atoms with van der Waals surface area (Å²) in [5.41, 5.74) is 0.792. The van der Waals surface area contributed by atoms with Gasteiger partial charge in [0.15, 0.2) is 11.5 Å². The highest BCUT2D eigenvalue weighted by Crippen LogP contribution is 2.31. The van der Waals surface area contributed by atoms with E-state index in [-0.39, 0.29) is 11.9 Å². The smallest absolute Gasteiger partial charge is 0.336 e. The maximum atomic E-state index is 11.8. The van der Waals surface area contributed by atoms with Crippen molar-refractivity contribution in [3.05, 3.63) is 64.5 Å². The average Bonchev–Trinajstić information content (AvgIpc) is 2.61. The number of nitrogens with zero attached hydrogens (tertiary/aromatic N) is 1. The van der Waals surface area contributed by atoms with E-state index < -0.39 is 5.63 Å². The van der Waals surface area contributed by atoms with E-state index in [0.717, 1.165) is 22.4 Å². The predicted octanol–water partition coefficient (Wildman–Crippen LogP) is 2.77. The minimum atomic E-state index is -0.433. The molecule has 4 rings (SSSR count). The molecule has 0 aliphatic carbocycles. The first-order chi connectivity index (χ1) is 12.6. The maximum Gasteiger partial charge on any atom is 0.336 e. The topological polar surface area (TPSA) is 72.1 Å². The molecule has 134 valence electrons. The summed E-state index contributed by atoms with van der Waals surface area (Å²) < 4.78 is 16.9. The summed E-state index contributed by atoms with van der Waals surface area (Å²) >= 11 is 0. The Labute approximate surface area is 150 Å². The van der Waals surface area contributed by atoms with Gasteiger partial charge in [0.1, 0.15) is 24.0 Å². The lowest BCUT2D eigenvalue weighted by molar-refractivity contribution is 0.0639. The minimum absolute atomic E-state index is 0.0672. The highest BCUT2D eigenvalue weighted by Gasteiger charge is 2.22. The molecule has 3 aromatic rings. The molecule has 0 bridgehead atoms. The van der Waals surface area contributed by atoms with Crippen LogP contribution in [0.3, 0.4) is 0 Å². The Morgan fingerprint density at radius 3 is 2.81 bits per heavy atom. The van der Waals surface area contributed by atoms with E-state index in [9.17, 15) is 9.90 Å². The first kappa shape index (κ1) is 16.5. The number of ether oxygens (including phenoxy) is 2. The van der Waals surface area contributed by atoms with Gasteiger partial charge in [-0.1, -0.05) is 12.1 Å². The molecule has 0 saturated carbocycles. The van der Waals surface area contributed by atoms with E-state index >= 15 is 0 Å². The van der Waals surface area contributed by atoms with Crippen LogP contribution in [-0.4, -0.2) is 36.3 Å². The molecule has 2 heterocycles. The predicted molar refractivity (Wildman–Crippen MR) is 96.8 cm³/mol. The molecule has 2 aromatic carbocycles. The van der Waals surface area contributed by atoms with Crippen LogP contribution in [0, 0.1) is 0 Å². The highest BCUT2D eigenvalue weighted by molar-refractivity contribution is 5.81. The van der Waals surface area contributed by atoms with E-state index in [2.05, 4.69) is 4.90 Å². The Morgan fingerprint density at radius 1 is 1.15 bits per heavy atom. The second-order valence-electron chi connectivity index (χ2n) is 6.47. The Kier molecular flexibility index (Phi) is 4.26. The number of rotatable bonds is 4. The molecule has 0 unspecified atom stereocenters. The molecule has 26 heavy (non-hydrogen) atoms. The first-order valence-corrected chi connectivity index (χ1v) is 8.41. The summed E-state index contributed by atoms with van der Waals surface area (Å²) in [7, 11) is 1.96. The fraction of sp³-hybridized carbons (Fsp3) is 0.250. The van der Waals surface area contributed by atoms with Crippen LogP contribution in [0.25, 0.3) is 11.0 Å². The van der Waals surface area contributed by atoms with E-state index in [1.807, 2.05) is 31.3 Å². The SMILES string of the molecule is CN(Cc1cc(=O)oc2cc(O)ccc12)C[C@H]1COc2ccccc2O1. The van der Waals surface area contributed by atoms with Gasteiger partial charge in [-0.25, -0.2) is 4.79 Å². The number of para-hydroxylation sites is 2. The van der Waals surface area contributed by atoms with Gasteiger partial charge in [-0.05, 0) is 36.9 Å². The normalized spacial score (nSPS) is 16.2. The van der Waals surface area contributed by atoms with Crippen molar-refractivity contribution >= 4 is 11.0 Å². The number of aromatic hydroxyl groups is 1. The van der Waals surface area contributed by atoms with Crippen molar-refractivity contribution in [1.82, 2.24) is 4.90 Å². The average molecular weight is 353 g/mol. The van der Waals surface area contributed by atoms with Gasteiger partial charge in [0.05, 0.1) is 0 Å². The van der Waals surface area contributed by atoms with Gasteiger partial charge in [-0.15, -0.1) is 0 Å². The monoisotopic (exact) mass is 353 g/mol. The quantitative estimate of drug-likeness (QED) is 0.727. The van der Waals surface area contributed by atoms with Crippen molar-refractivity contribution < 1.29 is 19.0 Å². The van der Waals surface area contributed by atoms with E-state index in [0.29, 0.717) is 25.3 Å². The van der Waals surface area contributed by atoms with E-state index in [1.54, 1.807) is 12.1 Å². The van der Waals surface area contributed by atoms with Crippen LogP contribution < -0.4 is 15.1 Å². The van der Waals surface area contributed by atoms with E-state index in [1.165, 1.54) is 12.1 Å². The number of fused-ring (bicyclic) bond motifs is 2. The molecule has 1 aromatic heterocycles. The number of benzene rings is 2. The zero-order valence-corrected chi connectivity index (χ0v) is 14.3. The van der Waals surface area contributed by atoms with Gasteiger partial charge in [0, 0.05) is 30.6 Å². The molecule has 1 aliphatic heterocycles. The molecule has 1 aliphatic rings. The Hall–Kier alpha value is -2.99. The van der Waals surface area contributed by atoms with Crippen LogP contribution in [0.4, 0.5) is 0 Å². The van der Waals surface area contributed by atoms with Crippen LogP contribution in [-0.2, 0) is 6.54 Å². The Morgan fingerprint density at radius 2 is 1.96 bits per heavy atom. The number of hydrogen-bond donors (Lipinski definition) is 1. The van der Waals surface area contributed by atoms with Crippen molar-refractivity contribution in [3.63, 3.8) is 0 Å². The number of phenols is 1. The molecule has 1 atom stereocenters. The molecule has 0 spiro atoms. The molecule has 0 amide bonds. The first-order valence-electron chi connectivity index (χ1n) is 8.41. The second-order valence-corrected chi connectivity index (χ2v) is 6.47. The highest BCUT2D eigenvalue weighted by atomic mass is 16.6. The molecule has 6 nitrogen and oxygen atoms in total. The minimum Gasteiger partial charge on any atom is -0.508 e. The van der Waals surface area contributed by atoms with Crippen molar-refractivity contribution in [2.45, 2.75) is 12.6 Å². The molecule has 0 radical (unpaired) electrons. The van der Waals surface area contributed by atoms with Crippen molar-refractivity contribution in [2.24, 2.45) is 0 Å². The summed E-state index contributed by atoms with van der Waals surface area (Å²) in [5.74, 6) is 1.58. The largest absolute Gasteiger partial charge is 0.508 e. The zero-order chi connectivity index (χ0) is 18.1. The number of likely N-dealkylation sites (N-methyl/N-ethyl adjacent to an activating group) is 1. The summed E-state index contributed by atoms with van der Waals surface area (Å²) in [5, 5.41) is 10.4. The number of phenolic OH excluding ortho intramolecular Hbond substituents is 1. The lowest BCUT2D eigenvalue weighted by atomic mass is 10.1. The van der Waals surface area contributed by atoms with Crippen LogP contribution >= 0.6 is 0 Å². The van der Waals surface area contributed by atoms with Gasteiger partial charge in [0.2, 0.25) is 0 Å². The summed E-state index contributed by atoms with van der Waals surface area (Å²) in [6.07, 6.45) is -0.0923. The number of hydrogen-bond acceptors (Lipinski definition) is 6. The molecular formula is C20H19NO5. The third-order valence-electron chi connectivity index (χ3n) is 4.34. The summed E-state index contributed by atoms with van der Waals surface area (Å²) in [6, 6.07) is 13.9. The van der Waals surface area contributed by atoms with Gasteiger partial charge >= 0.3 is 5.63 Å². The Bertz CT molecular complexity index is 997. The van der Waals surface area contributed by atoms with Crippen LogP contribution in [0.1, 0.15) is 5.56 Å². The van der Waals surface area contributed by atoms with Crippen LogP contribution in [0.2, 0.25) is 0 Å². The molecule has 0 fully saturated rings. The third kappa shape index (κ3) is 3.36. The third-order valence-corrected chi connectivity index (χ3v) is 4.34.